The summed E-state index contributed by atoms with van der Waals surface area (Å²) in [5.41, 5.74) is 0. The lowest BCUT2D eigenvalue weighted by Gasteiger charge is -2.34. The van der Waals surface area contributed by atoms with Crippen molar-refractivity contribution in [2.75, 3.05) is 44.7 Å². The molecule has 0 radical (unpaired) electrons. The highest BCUT2D eigenvalue weighted by Crippen LogP contribution is 2.20. The van der Waals surface area contributed by atoms with Crippen LogP contribution in [0.1, 0.15) is 26.7 Å². The van der Waals surface area contributed by atoms with Crippen LogP contribution in [0.3, 0.4) is 0 Å². The quantitative estimate of drug-likeness (QED) is 0.407. The zero-order valence-electron chi connectivity index (χ0n) is 13.3. The molecule has 1 unspecified atom stereocenters. The van der Waals surface area contributed by atoms with E-state index in [9.17, 15) is 8.42 Å². The molecule has 1 fully saturated rings. The van der Waals surface area contributed by atoms with E-state index in [1.54, 1.807) is 0 Å². The van der Waals surface area contributed by atoms with Crippen molar-refractivity contribution in [1.82, 2.24) is 14.9 Å². The van der Waals surface area contributed by atoms with Crippen molar-refractivity contribution in [2.45, 2.75) is 31.9 Å². The van der Waals surface area contributed by atoms with Crippen LogP contribution in [0.2, 0.25) is 0 Å². The van der Waals surface area contributed by atoms with Gasteiger partial charge in [0.25, 0.3) is 0 Å². The van der Waals surface area contributed by atoms with Crippen molar-refractivity contribution in [1.29, 1.82) is 0 Å². The van der Waals surface area contributed by atoms with Gasteiger partial charge in [-0.3, -0.25) is 4.99 Å². The summed E-state index contributed by atoms with van der Waals surface area (Å²) in [6.45, 7) is 8.27. The lowest BCUT2D eigenvalue weighted by atomic mass is 10.3. The van der Waals surface area contributed by atoms with Gasteiger partial charge in [-0.1, -0.05) is 6.92 Å². The van der Waals surface area contributed by atoms with Crippen LogP contribution in [-0.2, 0) is 10.0 Å². The number of rotatable bonds is 7. The van der Waals surface area contributed by atoms with E-state index in [1.165, 1.54) is 12.7 Å². The molecule has 1 atom stereocenters. The molecule has 21 heavy (non-hydrogen) atoms. The molecule has 0 aromatic heterocycles. The van der Waals surface area contributed by atoms with E-state index < -0.39 is 10.0 Å². The zero-order valence-corrected chi connectivity index (χ0v) is 14.9. The smallest absolute Gasteiger partial charge is 0.208 e. The SMILES string of the molecule is CCNC(=NCCCNS(C)(=O)=O)N1CCSC(CC)C1. The number of aliphatic imine (C=N–C) groups is 1. The van der Waals surface area contributed by atoms with Crippen molar-refractivity contribution in [3.63, 3.8) is 0 Å². The molecule has 0 aromatic rings. The minimum absolute atomic E-state index is 0.440. The second-order valence-electron chi connectivity index (χ2n) is 5.10. The van der Waals surface area contributed by atoms with Gasteiger partial charge < -0.3 is 10.2 Å². The van der Waals surface area contributed by atoms with Gasteiger partial charge in [-0.25, -0.2) is 13.1 Å². The van der Waals surface area contributed by atoms with Gasteiger partial charge in [0.2, 0.25) is 10.0 Å². The fraction of sp³-hybridized carbons (Fsp3) is 0.923. The number of guanidine groups is 1. The average Bonchev–Trinajstić information content (AvgIpc) is 2.44. The normalized spacial score (nSPS) is 20.6. The first-order valence-electron chi connectivity index (χ1n) is 7.55. The van der Waals surface area contributed by atoms with E-state index in [4.69, 9.17) is 0 Å². The van der Waals surface area contributed by atoms with Gasteiger partial charge in [0.15, 0.2) is 5.96 Å². The molecule has 1 rings (SSSR count). The molecule has 0 saturated carbocycles. The first kappa shape index (κ1) is 18.6. The van der Waals surface area contributed by atoms with Crippen LogP contribution in [0.15, 0.2) is 4.99 Å². The Bertz CT molecular complexity index is 426. The van der Waals surface area contributed by atoms with Crippen molar-refractivity contribution in [3.05, 3.63) is 0 Å². The maximum Gasteiger partial charge on any atom is 0.208 e. The maximum atomic E-state index is 11.0. The molecule has 0 bridgehead atoms. The van der Waals surface area contributed by atoms with Crippen LogP contribution >= 0.6 is 11.8 Å². The third kappa shape index (κ3) is 7.92. The van der Waals surface area contributed by atoms with Gasteiger partial charge in [0.05, 0.1) is 6.26 Å². The van der Waals surface area contributed by atoms with Crippen LogP contribution < -0.4 is 10.0 Å². The number of hydrogen-bond acceptors (Lipinski definition) is 4. The van der Waals surface area contributed by atoms with Crippen LogP contribution in [0.25, 0.3) is 0 Å². The third-order valence-corrected chi connectivity index (χ3v) is 5.29. The topological polar surface area (TPSA) is 73.8 Å². The Morgan fingerprint density at radius 1 is 1.43 bits per heavy atom. The molecule has 0 aromatic carbocycles. The minimum atomic E-state index is -3.09. The molecule has 6 nitrogen and oxygen atoms in total. The van der Waals surface area contributed by atoms with Gasteiger partial charge in [0, 0.05) is 43.7 Å². The van der Waals surface area contributed by atoms with E-state index in [0.29, 0.717) is 24.8 Å². The van der Waals surface area contributed by atoms with Crippen molar-refractivity contribution in [3.8, 4) is 0 Å². The van der Waals surface area contributed by atoms with Gasteiger partial charge in [-0.2, -0.15) is 11.8 Å². The van der Waals surface area contributed by atoms with Crippen LogP contribution in [-0.4, -0.2) is 69.3 Å². The lowest BCUT2D eigenvalue weighted by molar-refractivity contribution is 0.408. The molecule has 1 aliphatic heterocycles. The Morgan fingerprint density at radius 3 is 2.81 bits per heavy atom. The summed E-state index contributed by atoms with van der Waals surface area (Å²) in [6.07, 6.45) is 3.07. The third-order valence-electron chi connectivity index (χ3n) is 3.19. The van der Waals surface area contributed by atoms with E-state index in [0.717, 1.165) is 31.3 Å². The Morgan fingerprint density at radius 2 is 2.19 bits per heavy atom. The van der Waals surface area contributed by atoms with Crippen molar-refractivity contribution >= 4 is 27.7 Å². The summed E-state index contributed by atoms with van der Waals surface area (Å²) in [5.74, 6) is 2.09. The molecule has 8 heteroatoms. The Hall–Kier alpha value is -0.470. The predicted octanol–water partition coefficient (Wildman–Crippen LogP) is 0.719. The standard InChI is InChI=1S/C13H28N4O2S2/c1-4-12-11-17(9-10-20-12)13(14-5-2)15-7-6-8-16-21(3,18)19/h12,16H,4-11H2,1-3H3,(H,14,15). The molecule has 124 valence electrons. The monoisotopic (exact) mass is 336 g/mol. The number of thioether (sulfide) groups is 1. The molecular weight excluding hydrogens is 308 g/mol. The summed E-state index contributed by atoms with van der Waals surface area (Å²) in [5, 5.41) is 4.01. The summed E-state index contributed by atoms with van der Waals surface area (Å²) >= 11 is 2.04. The van der Waals surface area contributed by atoms with Gasteiger partial charge >= 0.3 is 0 Å². The second kappa shape index (κ2) is 9.53. The lowest BCUT2D eigenvalue weighted by Crippen LogP contribution is -2.48. The van der Waals surface area contributed by atoms with E-state index in [2.05, 4.69) is 33.8 Å². The predicted molar refractivity (Wildman–Crippen MR) is 91.6 cm³/mol. The second-order valence-corrected chi connectivity index (χ2v) is 8.34. The number of sulfonamides is 1. The number of hydrogen-bond donors (Lipinski definition) is 2. The van der Waals surface area contributed by atoms with Crippen molar-refractivity contribution in [2.24, 2.45) is 4.99 Å². The summed E-state index contributed by atoms with van der Waals surface area (Å²) in [6, 6.07) is 0. The summed E-state index contributed by atoms with van der Waals surface area (Å²) in [7, 11) is -3.09. The fourth-order valence-corrected chi connectivity index (χ4v) is 3.80. The fourth-order valence-electron chi connectivity index (χ4n) is 2.11. The number of nitrogens with one attached hydrogen (secondary N) is 2. The molecule has 1 aliphatic rings. The van der Waals surface area contributed by atoms with E-state index in [1.807, 2.05) is 11.8 Å². The Balaban J connectivity index is 2.45. The molecule has 2 N–H and O–H groups in total. The summed E-state index contributed by atoms with van der Waals surface area (Å²) in [4.78, 5) is 6.93. The highest BCUT2D eigenvalue weighted by Gasteiger charge is 2.21. The van der Waals surface area contributed by atoms with Crippen LogP contribution in [0.5, 0.6) is 0 Å². The Labute approximate surface area is 133 Å². The van der Waals surface area contributed by atoms with Crippen LogP contribution in [0, 0.1) is 0 Å². The van der Waals surface area contributed by atoms with Gasteiger partial charge in [0.1, 0.15) is 0 Å². The first-order chi connectivity index (χ1) is 9.96. The molecular formula is C13H28N4O2S2. The molecule has 0 spiro atoms. The highest BCUT2D eigenvalue weighted by atomic mass is 32.2. The molecule has 1 heterocycles. The van der Waals surface area contributed by atoms with E-state index in [-0.39, 0.29) is 0 Å². The minimum Gasteiger partial charge on any atom is -0.357 e. The largest absolute Gasteiger partial charge is 0.357 e. The number of nitrogens with zero attached hydrogens (tertiary/aromatic N) is 2. The van der Waals surface area contributed by atoms with Gasteiger partial charge in [-0.05, 0) is 19.8 Å². The van der Waals surface area contributed by atoms with Crippen molar-refractivity contribution < 1.29 is 8.42 Å². The molecule has 1 saturated heterocycles. The van der Waals surface area contributed by atoms with E-state index >= 15 is 0 Å². The van der Waals surface area contributed by atoms with Gasteiger partial charge in [-0.15, -0.1) is 0 Å². The van der Waals surface area contributed by atoms with Crippen LogP contribution in [0.4, 0.5) is 0 Å². The summed E-state index contributed by atoms with van der Waals surface area (Å²) < 4.78 is 24.4. The average molecular weight is 337 g/mol. The Kier molecular flexibility index (Phi) is 8.43. The first-order valence-corrected chi connectivity index (χ1v) is 10.5. The molecule has 0 amide bonds. The zero-order chi connectivity index (χ0) is 15.7. The molecule has 0 aliphatic carbocycles. The maximum absolute atomic E-state index is 11.0. The highest BCUT2D eigenvalue weighted by molar-refractivity contribution is 8.00.